The first kappa shape index (κ1) is 21.2. The number of hydrogen-bond acceptors (Lipinski definition) is 8. The van der Waals surface area contributed by atoms with E-state index in [1.54, 1.807) is 7.05 Å². The molecule has 1 fully saturated rings. The van der Waals surface area contributed by atoms with Crippen LogP contribution in [0, 0.1) is 18.3 Å². The van der Waals surface area contributed by atoms with Crippen molar-refractivity contribution in [3.63, 3.8) is 0 Å². The summed E-state index contributed by atoms with van der Waals surface area (Å²) in [5.74, 6) is 0.258. The number of nitrogen functional groups attached to an aromatic ring is 1. The lowest BCUT2D eigenvalue weighted by Crippen LogP contribution is -2.36. The number of nitriles is 1. The molecule has 0 radical (unpaired) electrons. The van der Waals surface area contributed by atoms with E-state index in [1.807, 2.05) is 32.0 Å². The van der Waals surface area contributed by atoms with Gasteiger partial charge in [0.15, 0.2) is 5.82 Å². The average Bonchev–Trinajstić information content (AvgIpc) is 3.24. The fourth-order valence-corrected chi connectivity index (χ4v) is 6.49. The van der Waals surface area contributed by atoms with Gasteiger partial charge in [0.1, 0.15) is 17.9 Å². The molecule has 2 N–H and O–H groups in total. The van der Waals surface area contributed by atoms with E-state index in [4.69, 9.17) is 10.5 Å². The molecule has 11 heteroatoms. The van der Waals surface area contributed by atoms with Crippen molar-refractivity contribution in [3.8, 4) is 23.2 Å². The zero-order chi connectivity index (χ0) is 23.5. The first-order valence-corrected chi connectivity index (χ1v) is 12.2. The van der Waals surface area contributed by atoms with Gasteiger partial charge in [-0.3, -0.25) is 8.99 Å². The number of fused-ring (bicyclic) bond motifs is 7. The van der Waals surface area contributed by atoms with E-state index in [0.29, 0.717) is 41.2 Å². The molecule has 0 aliphatic carbocycles. The number of hydrogen-bond donors (Lipinski definition) is 1. The Balaban J connectivity index is 1.80. The van der Waals surface area contributed by atoms with Crippen LogP contribution in [0.1, 0.15) is 42.0 Å². The summed E-state index contributed by atoms with van der Waals surface area (Å²) in [6.45, 7) is 3.77. The number of rotatable bonds is 0. The topological polar surface area (TPSA) is 140 Å². The Hall–Kier alpha value is -3.65. The summed E-state index contributed by atoms with van der Waals surface area (Å²) in [5, 5.41) is 14.3. The van der Waals surface area contributed by atoms with Crippen molar-refractivity contribution in [2.45, 2.75) is 38.8 Å². The van der Waals surface area contributed by atoms with Crippen LogP contribution >= 0.6 is 0 Å². The first-order chi connectivity index (χ1) is 15.7. The third-order valence-corrected chi connectivity index (χ3v) is 8.01. The van der Waals surface area contributed by atoms with Crippen LogP contribution in [0.5, 0.6) is 5.88 Å². The molecule has 5 rings (SSSR count). The fourth-order valence-electron chi connectivity index (χ4n) is 4.62. The molecule has 0 amide bonds. The van der Waals surface area contributed by atoms with Crippen LogP contribution in [-0.4, -0.2) is 40.0 Å². The Morgan fingerprint density at radius 1 is 1.33 bits per heavy atom. The second-order valence-corrected chi connectivity index (χ2v) is 10.4. The predicted octanol–water partition coefficient (Wildman–Crippen LogP) is 2.24. The molecule has 2 bridgehead atoms. The van der Waals surface area contributed by atoms with E-state index < -0.39 is 16.1 Å². The smallest absolute Gasteiger partial charge is 0.258 e. The van der Waals surface area contributed by atoms with E-state index in [-0.39, 0.29) is 23.5 Å². The van der Waals surface area contributed by atoms with Crippen LogP contribution < -0.4 is 14.8 Å². The fraction of sp³-hybridized carbons (Fsp3) is 0.364. The highest BCUT2D eigenvalue weighted by Gasteiger charge is 2.40. The number of nitrogens with zero attached hydrogens (tertiary/aromatic N) is 6. The Morgan fingerprint density at radius 2 is 2.12 bits per heavy atom. The van der Waals surface area contributed by atoms with E-state index >= 15 is 0 Å². The van der Waals surface area contributed by atoms with Crippen LogP contribution in [-0.2, 0) is 23.5 Å². The van der Waals surface area contributed by atoms with Gasteiger partial charge in [-0.2, -0.15) is 10.4 Å². The molecule has 1 aromatic carbocycles. The van der Waals surface area contributed by atoms with Crippen LogP contribution in [0.15, 0.2) is 24.4 Å². The molecular weight excluding hydrogens is 442 g/mol. The monoisotopic (exact) mass is 465 g/mol. The van der Waals surface area contributed by atoms with Gasteiger partial charge >= 0.3 is 0 Å². The molecule has 2 aliphatic heterocycles. The molecule has 3 aromatic rings. The minimum absolute atomic E-state index is 0.0357. The number of ether oxygens (including phenoxy) is 1. The molecule has 10 nitrogen and oxygen atoms in total. The van der Waals surface area contributed by atoms with Gasteiger partial charge in [0.2, 0.25) is 10.0 Å². The molecule has 170 valence electrons. The Morgan fingerprint density at radius 3 is 2.88 bits per heavy atom. The normalized spacial score (nSPS) is 21.0. The standard InChI is InChI=1S/C22H23N7O3S/c1-12-4-5-18-15(8-12)13(2)32-22-21(24)25-11-17(26-22)20-16(27-28(3)19(20)10-23)9-14-6-7-33(30,31)29(14)18/h4-5,8,11,13-14H,6-7,9H2,1-3H3,(H2,24,25)/t13-,14?/m1/s1. The second-order valence-electron chi connectivity index (χ2n) is 8.43. The maximum Gasteiger partial charge on any atom is 0.258 e. The largest absolute Gasteiger partial charge is 0.467 e. The number of anilines is 2. The SMILES string of the molecule is Cc1ccc2c(c1)[C@@H](C)Oc1nc(cnc1N)-c1c(nn(C)c1C#N)CC1CCS(=O)(=O)N21. The minimum Gasteiger partial charge on any atom is -0.467 e. The summed E-state index contributed by atoms with van der Waals surface area (Å²) in [7, 11) is -1.87. The molecule has 2 aromatic heterocycles. The number of benzene rings is 1. The number of sulfonamides is 1. The first-order valence-electron chi connectivity index (χ1n) is 10.6. The van der Waals surface area contributed by atoms with Crippen molar-refractivity contribution < 1.29 is 13.2 Å². The molecule has 2 aliphatic rings. The summed E-state index contributed by atoms with van der Waals surface area (Å²) in [6, 6.07) is 7.44. The van der Waals surface area contributed by atoms with Gasteiger partial charge < -0.3 is 10.5 Å². The van der Waals surface area contributed by atoms with Crippen LogP contribution in [0.25, 0.3) is 11.3 Å². The lowest BCUT2D eigenvalue weighted by atomic mass is 10.00. The van der Waals surface area contributed by atoms with Crippen LogP contribution in [0.4, 0.5) is 11.5 Å². The maximum absolute atomic E-state index is 13.2. The lowest BCUT2D eigenvalue weighted by molar-refractivity contribution is 0.218. The molecule has 2 atom stereocenters. The summed E-state index contributed by atoms with van der Waals surface area (Å²) in [4.78, 5) is 8.83. The van der Waals surface area contributed by atoms with Crippen LogP contribution in [0.2, 0.25) is 0 Å². The lowest BCUT2D eigenvalue weighted by Gasteiger charge is -2.29. The number of nitrogens with two attached hydrogens (primary N) is 1. The van der Waals surface area contributed by atoms with E-state index in [1.165, 1.54) is 15.2 Å². The second kappa shape index (κ2) is 7.45. The van der Waals surface area contributed by atoms with E-state index in [0.717, 1.165) is 11.1 Å². The summed E-state index contributed by atoms with van der Waals surface area (Å²) in [5.41, 5.74) is 10.1. The molecule has 0 saturated carbocycles. The molecule has 1 unspecified atom stereocenters. The van der Waals surface area contributed by atoms with Gasteiger partial charge in [-0.05, 0) is 26.3 Å². The molecular formula is C22H23N7O3S. The predicted molar refractivity (Wildman–Crippen MR) is 122 cm³/mol. The van der Waals surface area contributed by atoms with E-state index in [2.05, 4.69) is 21.1 Å². The zero-order valence-corrected chi connectivity index (χ0v) is 19.3. The third kappa shape index (κ3) is 3.38. The molecule has 4 heterocycles. The quantitative estimate of drug-likeness (QED) is 0.533. The van der Waals surface area contributed by atoms with Crippen molar-refractivity contribution >= 4 is 21.5 Å². The van der Waals surface area contributed by atoms with Crippen molar-refractivity contribution in [1.82, 2.24) is 19.7 Å². The minimum atomic E-state index is -3.54. The van der Waals surface area contributed by atoms with Crippen molar-refractivity contribution in [1.29, 1.82) is 5.26 Å². The molecule has 1 saturated heterocycles. The molecule has 33 heavy (non-hydrogen) atoms. The van der Waals surface area contributed by atoms with Gasteiger partial charge in [-0.1, -0.05) is 17.7 Å². The summed E-state index contributed by atoms with van der Waals surface area (Å²) < 4.78 is 35.5. The van der Waals surface area contributed by atoms with Gasteiger partial charge in [0, 0.05) is 19.0 Å². The highest BCUT2D eigenvalue weighted by molar-refractivity contribution is 7.93. The van der Waals surface area contributed by atoms with Gasteiger partial charge in [0.25, 0.3) is 5.88 Å². The van der Waals surface area contributed by atoms with Crippen molar-refractivity contribution in [2.75, 3.05) is 15.8 Å². The Bertz CT molecular complexity index is 1420. The highest BCUT2D eigenvalue weighted by atomic mass is 32.2. The molecule has 0 spiro atoms. The third-order valence-electron chi connectivity index (χ3n) is 6.16. The van der Waals surface area contributed by atoms with Crippen molar-refractivity contribution in [3.05, 3.63) is 46.9 Å². The Kier molecular flexibility index (Phi) is 4.79. The maximum atomic E-state index is 13.2. The van der Waals surface area contributed by atoms with Gasteiger partial charge in [0.05, 0.1) is 40.6 Å². The number of aryl methyl sites for hydroxylation is 2. The van der Waals surface area contributed by atoms with Crippen molar-refractivity contribution in [2.24, 2.45) is 7.05 Å². The van der Waals surface area contributed by atoms with E-state index in [9.17, 15) is 13.7 Å². The highest BCUT2D eigenvalue weighted by Crippen LogP contribution is 2.40. The number of aromatic nitrogens is 4. The average molecular weight is 466 g/mol. The zero-order valence-electron chi connectivity index (χ0n) is 18.5. The van der Waals surface area contributed by atoms with Crippen LogP contribution in [0.3, 0.4) is 0 Å². The summed E-state index contributed by atoms with van der Waals surface area (Å²) >= 11 is 0. The van der Waals surface area contributed by atoms with Gasteiger partial charge in [-0.25, -0.2) is 18.4 Å². The summed E-state index contributed by atoms with van der Waals surface area (Å²) in [6.07, 6.45) is 1.71. The van der Waals surface area contributed by atoms with Gasteiger partial charge in [-0.15, -0.1) is 0 Å². The Labute approximate surface area is 191 Å².